The standard InChI is InChI=1S/C24H24ClF2N3O3/c1-13(2)12-33-24(32)30-8-7-21-17(11-30)22(16-9-14(25)3-6-20(16)29-21)23(31)28-15-4-5-18(26)19(27)10-15/h3-6,9-10,13,23,28,31H,7-8,11-12H2,1-2H3. The highest BCUT2D eigenvalue weighted by Gasteiger charge is 2.29. The van der Waals surface area contributed by atoms with Crippen LogP contribution in [-0.4, -0.2) is 34.2 Å². The highest BCUT2D eigenvalue weighted by atomic mass is 35.5. The Hall–Kier alpha value is -2.97. The third-order valence-electron chi connectivity index (χ3n) is 5.44. The average Bonchev–Trinajstić information content (AvgIpc) is 2.77. The van der Waals surface area contributed by atoms with Gasteiger partial charge in [0.25, 0.3) is 0 Å². The summed E-state index contributed by atoms with van der Waals surface area (Å²) in [6, 6.07) is 8.44. The van der Waals surface area contributed by atoms with Gasteiger partial charge in [-0.15, -0.1) is 0 Å². The molecular weight excluding hydrogens is 452 g/mol. The van der Waals surface area contributed by atoms with Crippen molar-refractivity contribution >= 4 is 34.3 Å². The fourth-order valence-corrected chi connectivity index (χ4v) is 4.03. The van der Waals surface area contributed by atoms with Gasteiger partial charge in [-0.25, -0.2) is 13.6 Å². The molecule has 1 aliphatic rings. The third kappa shape index (κ3) is 5.02. The van der Waals surface area contributed by atoms with Crippen LogP contribution in [0.5, 0.6) is 0 Å². The zero-order chi connectivity index (χ0) is 23.7. The fourth-order valence-electron chi connectivity index (χ4n) is 3.86. The lowest BCUT2D eigenvalue weighted by molar-refractivity contribution is 0.0871. The van der Waals surface area contributed by atoms with Crippen molar-refractivity contribution in [2.75, 3.05) is 18.5 Å². The van der Waals surface area contributed by atoms with Crippen molar-refractivity contribution in [2.45, 2.75) is 33.0 Å². The van der Waals surface area contributed by atoms with E-state index in [0.717, 1.165) is 17.8 Å². The first-order valence-electron chi connectivity index (χ1n) is 10.6. The molecular formula is C24H24ClF2N3O3. The minimum absolute atomic E-state index is 0.188. The van der Waals surface area contributed by atoms with Gasteiger partial charge in [0.1, 0.15) is 0 Å². The van der Waals surface area contributed by atoms with Gasteiger partial charge < -0.3 is 20.1 Å². The number of nitrogens with one attached hydrogen (secondary N) is 1. The first-order valence-corrected chi connectivity index (χ1v) is 11.0. The number of aliphatic hydroxyl groups is 1. The number of hydrogen-bond acceptors (Lipinski definition) is 5. The van der Waals surface area contributed by atoms with Gasteiger partial charge >= 0.3 is 6.09 Å². The minimum atomic E-state index is -1.29. The Bertz CT molecular complexity index is 1210. The smallest absolute Gasteiger partial charge is 0.410 e. The maximum atomic E-state index is 13.7. The van der Waals surface area contributed by atoms with Gasteiger partial charge in [-0.05, 0) is 36.2 Å². The highest BCUT2D eigenvalue weighted by Crippen LogP contribution is 2.34. The summed E-state index contributed by atoms with van der Waals surface area (Å²) in [5.41, 5.74) is 2.73. The summed E-state index contributed by atoms with van der Waals surface area (Å²) in [6.45, 7) is 4.84. The maximum Gasteiger partial charge on any atom is 0.410 e. The average molecular weight is 476 g/mol. The molecule has 1 atom stereocenters. The minimum Gasteiger partial charge on any atom is -0.449 e. The van der Waals surface area contributed by atoms with Crippen LogP contribution in [0.15, 0.2) is 36.4 Å². The second kappa shape index (κ2) is 9.49. The monoisotopic (exact) mass is 475 g/mol. The molecule has 0 saturated heterocycles. The van der Waals surface area contributed by atoms with E-state index < -0.39 is 24.0 Å². The van der Waals surface area contributed by atoms with Crippen LogP contribution < -0.4 is 5.32 Å². The molecule has 1 aromatic heterocycles. The van der Waals surface area contributed by atoms with Crippen molar-refractivity contribution in [2.24, 2.45) is 5.92 Å². The van der Waals surface area contributed by atoms with Crippen LogP contribution >= 0.6 is 11.6 Å². The van der Waals surface area contributed by atoms with E-state index in [9.17, 15) is 18.7 Å². The molecule has 1 unspecified atom stereocenters. The molecule has 4 rings (SSSR count). The summed E-state index contributed by atoms with van der Waals surface area (Å²) in [7, 11) is 0. The Balaban J connectivity index is 1.73. The van der Waals surface area contributed by atoms with E-state index in [2.05, 4.69) is 5.32 Å². The number of fused-ring (bicyclic) bond motifs is 2. The molecule has 1 aliphatic heterocycles. The van der Waals surface area contributed by atoms with Crippen LogP contribution in [0.1, 0.15) is 36.9 Å². The zero-order valence-corrected chi connectivity index (χ0v) is 19.0. The number of amides is 1. The van der Waals surface area contributed by atoms with Crippen molar-refractivity contribution in [3.63, 3.8) is 0 Å². The normalized spacial score (nSPS) is 14.3. The molecule has 9 heteroatoms. The van der Waals surface area contributed by atoms with Gasteiger partial charge in [0, 0.05) is 51.9 Å². The Morgan fingerprint density at radius 2 is 2.03 bits per heavy atom. The van der Waals surface area contributed by atoms with Crippen LogP contribution in [0.3, 0.4) is 0 Å². The van der Waals surface area contributed by atoms with Gasteiger partial charge in [-0.1, -0.05) is 25.4 Å². The predicted octanol–water partition coefficient (Wildman–Crippen LogP) is 5.42. The number of anilines is 1. The highest BCUT2D eigenvalue weighted by molar-refractivity contribution is 6.31. The van der Waals surface area contributed by atoms with Crippen LogP contribution in [0.4, 0.5) is 19.3 Å². The number of aliphatic hydroxyl groups excluding tert-OH is 1. The van der Waals surface area contributed by atoms with Gasteiger partial charge in [0.2, 0.25) is 0 Å². The number of benzene rings is 2. The second-order valence-electron chi connectivity index (χ2n) is 8.43. The van der Waals surface area contributed by atoms with E-state index >= 15 is 0 Å². The fraction of sp³-hybridized carbons (Fsp3) is 0.333. The van der Waals surface area contributed by atoms with E-state index in [1.165, 1.54) is 6.07 Å². The molecule has 33 heavy (non-hydrogen) atoms. The number of carbonyl (C=O) groups is 1. The van der Waals surface area contributed by atoms with E-state index in [0.29, 0.717) is 46.6 Å². The molecule has 0 radical (unpaired) electrons. The molecule has 0 bridgehead atoms. The Labute approximate surface area is 195 Å². The zero-order valence-electron chi connectivity index (χ0n) is 18.2. The maximum absolute atomic E-state index is 13.7. The number of rotatable bonds is 5. The summed E-state index contributed by atoms with van der Waals surface area (Å²) in [5.74, 6) is -1.81. The first-order chi connectivity index (χ1) is 15.7. The quantitative estimate of drug-likeness (QED) is 0.482. The van der Waals surface area contributed by atoms with Gasteiger partial charge in [-0.3, -0.25) is 4.98 Å². The van der Waals surface area contributed by atoms with Gasteiger partial charge in [0.15, 0.2) is 17.9 Å². The van der Waals surface area contributed by atoms with Gasteiger partial charge in [-0.2, -0.15) is 0 Å². The topological polar surface area (TPSA) is 74.7 Å². The second-order valence-corrected chi connectivity index (χ2v) is 8.87. The first kappa shape index (κ1) is 23.2. The molecule has 3 aromatic rings. The van der Waals surface area contributed by atoms with Crippen molar-refractivity contribution < 1.29 is 23.4 Å². The number of nitrogens with zero attached hydrogens (tertiary/aromatic N) is 2. The Morgan fingerprint density at radius 3 is 2.76 bits per heavy atom. The molecule has 0 saturated carbocycles. The molecule has 0 fully saturated rings. The van der Waals surface area contributed by atoms with E-state index in [4.69, 9.17) is 21.3 Å². The molecule has 1 amide bonds. The summed E-state index contributed by atoms with van der Waals surface area (Å²) in [4.78, 5) is 18.9. The van der Waals surface area contributed by atoms with Crippen molar-refractivity contribution in [1.29, 1.82) is 0 Å². The number of pyridine rings is 1. The largest absolute Gasteiger partial charge is 0.449 e. The number of hydrogen-bond donors (Lipinski definition) is 2. The van der Waals surface area contributed by atoms with E-state index in [1.807, 2.05) is 13.8 Å². The SMILES string of the molecule is CC(C)COC(=O)N1CCc2nc3ccc(Cl)cc3c(C(O)Nc3ccc(F)c(F)c3)c2C1. The van der Waals surface area contributed by atoms with Crippen LogP contribution in [0.2, 0.25) is 5.02 Å². The lowest BCUT2D eigenvalue weighted by Crippen LogP contribution is -2.38. The summed E-state index contributed by atoms with van der Waals surface area (Å²) in [5, 5.41) is 15.0. The Kier molecular flexibility index (Phi) is 6.67. The summed E-state index contributed by atoms with van der Waals surface area (Å²) in [6.07, 6.45) is -1.25. The third-order valence-corrected chi connectivity index (χ3v) is 5.68. The van der Waals surface area contributed by atoms with Crippen LogP contribution in [0, 0.1) is 17.6 Å². The molecule has 6 nitrogen and oxygen atoms in total. The summed E-state index contributed by atoms with van der Waals surface area (Å²) >= 11 is 6.22. The lowest BCUT2D eigenvalue weighted by atomic mass is 9.94. The van der Waals surface area contributed by atoms with Gasteiger partial charge in [0.05, 0.1) is 18.7 Å². The van der Waals surface area contributed by atoms with Crippen LogP contribution in [-0.2, 0) is 17.7 Å². The molecule has 2 N–H and O–H groups in total. The predicted molar refractivity (Wildman–Crippen MR) is 122 cm³/mol. The van der Waals surface area contributed by atoms with Crippen molar-refractivity contribution in [3.8, 4) is 0 Å². The van der Waals surface area contributed by atoms with E-state index in [-0.39, 0.29) is 18.2 Å². The lowest BCUT2D eigenvalue weighted by Gasteiger charge is -2.31. The molecule has 0 spiro atoms. The number of aromatic nitrogens is 1. The van der Waals surface area contributed by atoms with Crippen molar-refractivity contribution in [1.82, 2.24) is 9.88 Å². The molecule has 2 heterocycles. The number of ether oxygens (including phenoxy) is 1. The summed E-state index contributed by atoms with van der Waals surface area (Å²) < 4.78 is 32.4. The van der Waals surface area contributed by atoms with E-state index in [1.54, 1.807) is 23.1 Å². The Morgan fingerprint density at radius 1 is 1.24 bits per heavy atom. The number of halogens is 3. The molecule has 0 aliphatic carbocycles. The van der Waals surface area contributed by atoms with Crippen LogP contribution in [0.25, 0.3) is 10.9 Å². The molecule has 2 aromatic carbocycles. The number of carbonyl (C=O) groups excluding carboxylic acids is 1. The van der Waals surface area contributed by atoms with Crippen molar-refractivity contribution in [3.05, 3.63) is 69.9 Å². The molecule has 174 valence electrons.